The van der Waals surface area contributed by atoms with Crippen molar-refractivity contribution in [1.82, 2.24) is 4.98 Å². The van der Waals surface area contributed by atoms with Crippen LogP contribution in [0.5, 0.6) is 0 Å². The van der Waals surface area contributed by atoms with Crippen LogP contribution in [0.15, 0.2) is 45.5 Å². The molecule has 1 aliphatic carbocycles. The van der Waals surface area contributed by atoms with Crippen molar-refractivity contribution < 1.29 is 4.79 Å². The summed E-state index contributed by atoms with van der Waals surface area (Å²) in [5, 5.41) is 0. The molecule has 1 aromatic heterocycles. The van der Waals surface area contributed by atoms with Crippen LogP contribution in [0.1, 0.15) is 40.4 Å². The van der Waals surface area contributed by atoms with Crippen LogP contribution < -0.4 is 0 Å². The van der Waals surface area contributed by atoms with E-state index in [9.17, 15) is 4.79 Å². The number of nitrogens with zero attached hydrogens (tertiary/aromatic N) is 1. The molecular weight excluding hydrogens is 382 g/mol. The first-order valence-corrected chi connectivity index (χ1v) is 8.18. The van der Waals surface area contributed by atoms with Crippen molar-refractivity contribution in [3.05, 3.63) is 62.3 Å². The van der Waals surface area contributed by atoms with Gasteiger partial charge in [-0.3, -0.25) is 9.78 Å². The van der Waals surface area contributed by atoms with Crippen molar-refractivity contribution in [3.8, 4) is 0 Å². The number of ketones is 1. The average Bonchev–Trinajstić information content (AvgIpc) is 2.45. The standard InChI is InChI=1S/C16H13Br2NO/c17-12-7-11(8-13(18)9-12)16(20)14-5-1-3-10-4-2-6-19-15(10)14/h2,4,6-9,14H,1,3,5H2. The highest BCUT2D eigenvalue weighted by atomic mass is 79.9. The minimum Gasteiger partial charge on any atom is -0.293 e. The summed E-state index contributed by atoms with van der Waals surface area (Å²) < 4.78 is 1.82. The molecule has 0 saturated heterocycles. The van der Waals surface area contributed by atoms with E-state index in [1.54, 1.807) is 6.20 Å². The van der Waals surface area contributed by atoms with E-state index in [1.807, 2.05) is 24.3 Å². The Hall–Kier alpha value is -1.00. The highest BCUT2D eigenvalue weighted by Crippen LogP contribution is 2.33. The van der Waals surface area contributed by atoms with Gasteiger partial charge in [0.05, 0.1) is 11.6 Å². The van der Waals surface area contributed by atoms with Gasteiger partial charge in [-0.2, -0.15) is 0 Å². The fourth-order valence-electron chi connectivity index (χ4n) is 2.76. The zero-order valence-electron chi connectivity index (χ0n) is 10.8. The number of rotatable bonds is 2. The van der Waals surface area contributed by atoms with Crippen molar-refractivity contribution >= 4 is 37.6 Å². The van der Waals surface area contributed by atoms with Gasteiger partial charge in [0.15, 0.2) is 5.78 Å². The summed E-state index contributed by atoms with van der Waals surface area (Å²) in [7, 11) is 0. The number of hydrogen-bond acceptors (Lipinski definition) is 2. The van der Waals surface area contributed by atoms with Gasteiger partial charge in [-0.15, -0.1) is 0 Å². The normalized spacial score (nSPS) is 17.6. The van der Waals surface area contributed by atoms with Crippen molar-refractivity contribution in [2.45, 2.75) is 25.2 Å². The highest BCUT2D eigenvalue weighted by Gasteiger charge is 2.28. The predicted molar refractivity (Wildman–Crippen MR) is 86.1 cm³/mol. The van der Waals surface area contributed by atoms with Crippen LogP contribution in [0.3, 0.4) is 0 Å². The molecule has 0 fully saturated rings. The summed E-state index contributed by atoms with van der Waals surface area (Å²) in [6.45, 7) is 0. The lowest BCUT2D eigenvalue weighted by atomic mass is 9.82. The number of pyridine rings is 1. The lowest BCUT2D eigenvalue weighted by Crippen LogP contribution is -2.20. The van der Waals surface area contributed by atoms with E-state index in [0.717, 1.165) is 39.5 Å². The van der Waals surface area contributed by atoms with E-state index in [-0.39, 0.29) is 11.7 Å². The third-order valence-corrected chi connectivity index (χ3v) is 4.57. The summed E-state index contributed by atoms with van der Waals surface area (Å²) >= 11 is 6.88. The van der Waals surface area contributed by atoms with Gasteiger partial charge >= 0.3 is 0 Å². The van der Waals surface area contributed by atoms with Crippen LogP contribution in [0.25, 0.3) is 0 Å². The van der Waals surface area contributed by atoms with Crippen molar-refractivity contribution in [1.29, 1.82) is 0 Å². The average molecular weight is 395 g/mol. The van der Waals surface area contributed by atoms with Gasteiger partial charge in [0, 0.05) is 20.7 Å². The van der Waals surface area contributed by atoms with Gasteiger partial charge < -0.3 is 0 Å². The minimum atomic E-state index is -0.110. The van der Waals surface area contributed by atoms with E-state index in [0.29, 0.717) is 0 Å². The van der Waals surface area contributed by atoms with Crippen LogP contribution in [0, 0.1) is 0 Å². The Balaban J connectivity index is 1.99. The molecule has 0 spiro atoms. The summed E-state index contributed by atoms with van der Waals surface area (Å²) in [5.74, 6) is 0.0489. The number of carbonyl (C=O) groups excluding carboxylic acids is 1. The van der Waals surface area contributed by atoms with Gasteiger partial charge in [-0.05, 0) is 49.1 Å². The molecule has 1 atom stereocenters. The Labute approximate surface area is 134 Å². The van der Waals surface area contributed by atoms with Gasteiger partial charge in [0.1, 0.15) is 0 Å². The third-order valence-electron chi connectivity index (χ3n) is 3.66. The molecule has 0 N–H and O–H groups in total. The molecule has 1 aromatic carbocycles. The van der Waals surface area contributed by atoms with Crippen LogP contribution in [-0.2, 0) is 6.42 Å². The largest absolute Gasteiger partial charge is 0.293 e. The number of Topliss-reactive ketones (excluding diaryl/α,β-unsaturated/α-hetero) is 1. The molecule has 0 aliphatic heterocycles. The number of benzene rings is 1. The summed E-state index contributed by atoms with van der Waals surface area (Å²) in [4.78, 5) is 17.2. The summed E-state index contributed by atoms with van der Waals surface area (Å²) in [6, 6.07) is 9.72. The van der Waals surface area contributed by atoms with Crippen molar-refractivity contribution in [2.24, 2.45) is 0 Å². The number of fused-ring (bicyclic) bond motifs is 1. The maximum Gasteiger partial charge on any atom is 0.171 e. The second-order valence-electron chi connectivity index (χ2n) is 5.01. The van der Waals surface area contributed by atoms with E-state index < -0.39 is 0 Å². The smallest absolute Gasteiger partial charge is 0.171 e. The van der Waals surface area contributed by atoms with Crippen molar-refractivity contribution in [2.75, 3.05) is 0 Å². The molecule has 1 unspecified atom stereocenters. The number of halogens is 2. The topological polar surface area (TPSA) is 30.0 Å². The summed E-state index contributed by atoms with van der Waals surface area (Å²) in [6.07, 6.45) is 4.73. The molecule has 4 heteroatoms. The predicted octanol–water partition coefficient (Wildman–Crippen LogP) is 4.91. The molecule has 0 radical (unpaired) electrons. The summed E-state index contributed by atoms with van der Waals surface area (Å²) in [5.41, 5.74) is 2.90. The van der Waals surface area contributed by atoms with Gasteiger partial charge in [0.25, 0.3) is 0 Å². The fourth-order valence-corrected chi connectivity index (χ4v) is 4.06. The Morgan fingerprint density at radius 1 is 1.20 bits per heavy atom. The van der Waals surface area contributed by atoms with E-state index in [1.165, 1.54) is 5.56 Å². The number of hydrogen-bond donors (Lipinski definition) is 0. The maximum absolute atomic E-state index is 12.8. The Bertz CT molecular complexity index is 649. The molecule has 2 nitrogen and oxygen atoms in total. The third kappa shape index (κ3) is 2.72. The molecule has 102 valence electrons. The number of aryl methyl sites for hydroxylation is 1. The molecule has 2 aromatic rings. The minimum absolute atomic E-state index is 0.110. The lowest BCUT2D eigenvalue weighted by Gasteiger charge is -2.23. The Morgan fingerprint density at radius 3 is 2.70 bits per heavy atom. The van der Waals surface area contributed by atoms with E-state index in [4.69, 9.17) is 0 Å². The second kappa shape index (κ2) is 5.78. The number of carbonyl (C=O) groups is 1. The van der Waals surface area contributed by atoms with Gasteiger partial charge in [0.2, 0.25) is 0 Å². The molecule has 0 amide bonds. The molecule has 1 aliphatic rings. The van der Waals surface area contributed by atoms with Gasteiger partial charge in [-0.25, -0.2) is 0 Å². The first-order valence-electron chi connectivity index (χ1n) is 6.59. The van der Waals surface area contributed by atoms with Crippen LogP contribution in [0.4, 0.5) is 0 Å². The first kappa shape index (κ1) is 14.0. The SMILES string of the molecule is O=C(c1cc(Br)cc(Br)c1)C1CCCc2cccnc21. The Morgan fingerprint density at radius 2 is 1.95 bits per heavy atom. The quantitative estimate of drug-likeness (QED) is 0.677. The van der Waals surface area contributed by atoms with E-state index >= 15 is 0 Å². The van der Waals surface area contributed by atoms with Crippen LogP contribution in [-0.4, -0.2) is 10.8 Å². The second-order valence-corrected chi connectivity index (χ2v) is 6.85. The van der Waals surface area contributed by atoms with Crippen LogP contribution >= 0.6 is 31.9 Å². The number of aromatic nitrogens is 1. The molecule has 0 bridgehead atoms. The maximum atomic E-state index is 12.8. The molecule has 1 heterocycles. The van der Waals surface area contributed by atoms with Crippen molar-refractivity contribution in [3.63, 3.8) is 0 Å². The molecule has 0 saturated carbocycles. The molecule has 20 heavy (non-hydrogen) atoms. The van der Waals surface area contributed by atoms with Gasteiger partial charge in [-0.1, -0.05) is 37.9 Å². The highest BCUT2D eigenvalue weighted by molar-refractivity contribution is 9.11. The van der Waals surface area contributed by atoms with Crippen LogP contribution in [0.2, 0.25) is 0 Å². The van der Waals surface area contributed by atoms with E-state index in [2.05, 4.69) is 42.9 Å². The zero-order chi connectivity index (χ0) is 14.1. The monoisotopic (exact) mass is 393 g/mol. The first-order chi connectivity index (χ1) is 9.65. The molecule has 3 rings (SSSR count). The lowest BCUT2D eigenvalue weighted by molar-refractivity contribution is 0.0949. The fraction of sp³-hybridized carbons (Fsp3) is 0.250. The molecular formula is C16H13Br2NO. The Kier molecular flexibility index (Phi) is 4.03. The zero-order valence-corrected chi connectivity index (χ0v) is 13.9.